The van der Waals surface area contributed by atoms with Gasteiger partial charge in [0, 0.05) is 6.04 Å². The van der Waals surface area contributed by atoms with Gasteiger partial charge in [0.2, 0.25) is 0 Å². The highest BCUT2D eigenvalue weighted by molar-refractivity contribution is 4.89. The van der Waals surface area contributed by atoms with Crippen molar-refractivity contribution in [3.63, 3.8) is 0 Å². The Labute approximate surface area is 120 Å². The number of nitrogens with one attached hydrogen (secondary N) is 1. The van der Waals surface area contributed by atoms with Gasteiger partial charge >= 0.3 is 0 Å². The van der Waals surface area contributed by atoms with E-state index in [4.69, 9.17) is 5.84 Å². The van der Waals surface area contributed by atoms with Crippen LogP contribution >= 0.6 is 0 Å². The predicted octanol–water partition coefficient (Wildman–Crippen LogP) is 4.79. The van der Waals surface area contributed by atoms with Crippen LogP contribution in [0.1, 0.15) is 91.4 Å². The first-order valence-electron chi connectivity index (χ1n) is 8.58. The molecule has 2 heteroatoms. The standard InChI is InChI=1S/C17H36N2/c1-4-5-6-7-8-9-13-16(19-18)15-12-10-11-14-17(15,2)3/h15-16,19H,4-14,18H2,1-3H3. The van der Waals surface area contributed by atoms with Crippen molar-refractivity contribution in [2.45, 2.75) is 97.4 Å². The zero-order valence-electron chi connectivity index (χ0n) is 13.5. The van der Waals surface area contributed by atoms with Crippen molar-refractivity contribution >= 4 is 0 Å². The van der Waals surface area contributed by atoms with Crippen LogP contribution in [0.3, 0.4) is 0 Å². The quantitative estimate of drug-likeness (QED) is 0.358. The van der Waals surface area contributed by atoms with Crippen LogP contribution in [0.5, 0.6) is 0 Å². The smallest absolute Gasteiger partial charge is 0.0243 e. The molecule has 0 bridgehead atoms. The van der Waals surface area contributed by atoms with Gasteiger partial charge in [0.15, 0.2) is 0 Å². The van der Waals surface area contributed by atoms with Crippen molar-refractivity contribution in [2.24, 2.45) is 17.2 Å². The van der Waals surface area contributed by atoms with E-state index < -0.39 is 0 Å². The fourth-order valence-corrected chi connectivity index (χ4v) is 3.81. The largest absolute Gasteiger partial charge is 0.271 e. The van der Waals surface area contributed by atoms with Gasteiger partial charge in [-0.1, -0.05) is 72.1 Å². The summed E-state index contributed by atoms with van der Waals surface area (Å²) in [5, 5.41) is 0. The van der Waals surface area contributed by atoms with Gasteiger partial charge in [-0.15, -0.1) is 0 Å². The van der Waals surface area contributed by atoms with E-state index in [2.05, 4.69) is 26.2 Å². The van der Waals surface area contributed by atoms with Crippen molar-refractivity contribution in [1.82, 2.24) is 5.43 Å². The van der Waals surface area contributed by atoms with Crippen molar-refractivity contribution in [3.8, 4) is 0 Å². The molecule has 1 rings (SSSR count). The zero-order chi connectivity index (χ0) is 14.1. The van der Waals surface area contributed by atoms with Crippen LogP contribution < -0.4 is 11.3 Å². The molecule has 0 spiro atoms. The molecule has 0 aromatic rings. The van der Waals surface area contributed by atoms with E-state index in [1.165, 1.54) is 70.6 Å². The van der Waals surface area contributed by atoms with Crippen LogP contribution in [-0.4, -0.2) is 6.04 Å². The Morgan fingerprint density at radius 2 is 1.79 bits per heavy atom. The Bertz CT molecular complexity index is 225. The van der Waals surface area contributed by atoms with E-state index in [-0.39, 0.29) is 0 Å². The molecule has 0 aliphatic heterocycles. The van der Waals surface area contributed by atoms with E-state index in [0.717, 1.165) is 5.92 Å². The lowest BCUT2D eigenvalue weighted by Crippen LogP contribution is -2.47. The molecule has 1 fully saturated rings. The molecule has 0 aromatic heterocycles. The SMILES string of the molecule is CCCCCCCCC(NN)C1CCCCC1(C)C. The second-order valence-electron chi connectivity index (χ2n) is 7.17. The summed E-state index contributed by atoms with van der Waals surface area (Å²) in [4.78, 5) is 0. The summed E-state index contributed by atoms with van der Waals surface area (Å²) in [6, 6.07) is 0.529. The summed E-state index contributed by atoms with van der Waals surface area (Å²) in [5.41, 5.74) is 3.60. The number of hydrogen-bond donors (Lipinski definition) is 2. The number of hydrazine groups is 1. The summed E-state index contributed by atoms with van der Waals surface area (Å²) in [6.45, 7) is 7.14. The maximum atomic E-state index is 5.84. The van der Waals surface area contributed by atoms with Gasteiger partial charge in [0.05, 0.1) is 0 Å². The summed E-state index contributed by atoms with van der Waals surface area (Å²) in [6.07, 6.45) is 15.0. The second kappa shape index (κ2) is 8.97. The van der Waals surface area contributed by atoms with Crippen LogP contribution in [0.15, 0.2) is 0 Å². The summed E-state index contributed by atoms with van der Waals surface area (Å²) in [7, 11) is 0. The maximum absolute atomic E-state index is 5.84. The topological polar surface area (TPSA) is 38.0 Å². The third-order valence-electron chi connectivity index (χ3n) is 5.16. The van der Waals surface area contributed by atoms with Crippen LogP contribution in [0, 0.1) is 11.3 Å². The van der Waals surface area contributed by atoms with Gasteiger partial charge in [-0.2, -0.15) is 0 Å². The number of hydrogen-bond acceptors (Lipinski definition) is 2. The van der Waals surface area contributed by atoms with Gasteiger partial charge in [0.25, 0.3) is 0 Å². The number of nitrogens with two attached hydrogens (primary N) is 1. The monoisotopic (exact) mass is 268 g/mol. The van der Waals surface area contributed by atoms with Crippen LogP contribution in [0.4, 0.5) is 0 Å². The fourth-order valence-electron chi connectivity index (χ4n) is 3.81. The molecule has 0 radical (unpaired) electrons. The van der Waals surface area contributed by atoms with Gasteiger partial charge in [-0.05, 0) is 30.6 Å². The third kappa shape index (κ3) is 5.83. The highest BCUT2D eigenvalue weighted by atomic mass is 15.2. The van der Waals surface area contributed by atoms with Gasteiger partial charge in [-0.25, -0.2) is 0 Å². The molecule has 2 unspecified atom stereocenters. The Kier molecular flexibility index (Phi) is 8.01. The minimum atomic E-state index is 0.470. The molecule has 3 N–H and O–H groups in total. The van der Waals surface area contributed by atoms with Crippen molar-refractivity contribution in [2.75, 3.05) is 0 Å². The first-order chi connectivity index (χ1) is 9.11. The van der Waals surface area contributed by atoms with Crippen molar-refractivity contribution in [3.05, 3.63) is 0 Å². The van der Waals surface area contributed by atoms with Gasteiger partial charge in [0.1, 0.15) is 0 Å². The molecule has 0 amide bonds. The van der Waals surface area contributed by atoms with E-state index in [9.17, 15) is 0 Å². The van der Waals surface area contributed by atoms with Crippen LogP contribution in [0.2, 0.25) is 0 Å². The average molecular weight is 268 g/mol. The first-order valence-corrected chi connectivity index (χ1v) is 8.58. The normalized spacial score (nSPS) is 24.3. The Morgan fingerprint density at radius 1 is 1.11 bits per heavy atom. The minimum Gasteiger partial charge on any atom is -0.271 e. The highest BCUT2D eigenvalue weighted by Gasteiger charge is 2.36. The Balaban J connectivity index is 2.28. The summed E-state index contributed by atoms with van der Waals surface area (Å²) in [5.74, 6) is 6.60. The van der Waals surface area contributed by atoms with E-state index in [1.54, 1.807) is 0 Å². The number of unbranched alkanes of at least 4 members (excludes halogenated alkanes) is 5. The molecular weight excluding hydrogens is 232 g/mol. The molecule has 2 atom stereocenters. The van der Waals surface area contributed by atoms with Crippen molar-refractivity contribution in [1.29, 1.82) is 0 Å². The fraction of sp³-hybridized carbons (Fsp3) is 1.00. The molecule has 1 aliphatic rings. The molecule has 1 saturated carbocycles. The summed E-state index contributed by atoms with van der Waals surface area (Å²) < 4.78 is 0. The van der Waals surface area contributed by atoms with Crippen LogP contribution in [-0.2, 0) is 0 Å². The lowest BCUT2D eigenvalue weighted by molar-refractivity contribution is 0.0935. The molecule has 19 heavy (non-hydrogen) atoms. The predicted molar refractivity (Wildman–Crippen MR) is 84.8 cm³/mol. The molecule has 114 valence electrons. The van der Waals surface area contributed by atoms with E-state index >= 15 is 0 Å². The van der Waals surface area contributed by atoms with E-state index in [1.807, 2.05) is 0 Å². The Hall–Kier alpha value is -0.0800. The molecule has 2 nitrogen and oxygen atoms in total. The molecule has 0 saturated heterocycles. The highest BCUT2D eigenvalue weighted by Crippen LogP contribution is 2.43. The van der Waals surface area contributed by atoms with Gasteiger partial charge < -0.3 is 0 Å². The second-order valence-corrected chi connectivity index (χ2v) is 7.17. The van der Waals surface area contributed by atoms with Crippen LogP contribution in [0.25, 0.3) is 0 Å². The Morgan fingerprint density at radius 3 is 2.42 bits per heavy atom. The number of rotatable bonds is 9. The average Bonchev–Trinajstić information content (AvgIpc) is 2.39. The molecule has 0 heterocycles. The van der Waals surface area contributed by atoms with Gasteiger partial charge in [-0.3, -0.25) is 11.3 Å². The molecule has 0 aromatic carbocycles. The zero-order valence-corrected chi connectivity index (χ0v) is 13.5. The minimum absolute atomic E-state index is 0.470. The van der Waals surface area contributed by atoms with E-state index in [0.29, 0.717) is 11.5 Å². The maximum Gasteiger partial charge on any atom is 0.0243 e. The lowest BCUT2D eigenvalue weighted by Gasteiger charge is -2.43. The lowest BCUT2D eigenvalue weighted by atomic mass is 9.65. The first kappa shape index (κ1) is 17.0. The third-order valence-corrected chi connectivity index (χ3v) is 5.16. The summed E-state index contributed by atoms with van der Waals surface area (Å²) >= 11 is 0. The van der Waals surface area contributed by atoms with Crippen molar-refractivity contribution < 1.29 is 0 Å². The molecule has 1 aliphatic carbocycles. The molecular formula is C17H36N2.